The van der Waals surface area contributed by atoms with E-state index in [1.807, 2.05) is 11.3 Å². The molecule has 0 bridgehead atoms. The molecule has 1 aromatic heterocycles. The van der Waals surface area contributed by atoms with Crippen molar-refractivity contribution in [2.75, 3.05) is 11.5 Å². The van der Waals surface area contributed by atoms with Crippen molar-refractivity contribution in [1.82, 2.24) is 0 Å². The summed E-state index contributed by atoms with van der Waals surface area (Å²) in [5.41, 5.74) is 3.23. The largest absolute Gasteiger partial charge is 0.161 e. The van der Waals surface area contributed by atoms with E-state index in [2.05, 4.69) is 39.5 Å². The van der Waals surface area contributed by atoms with E-state index >= 15 is 0 Å². The highest BCUT2D eigenvalue weighted by Gasteiger charge is 2.29. The smallest absolute Gasteiger partial charge is 0.00550 e. The standard InChI is InChI=1S/C12H18S2/c1-7-5-13-6-11(7)12-8(2)9(3)14-10(12)4/h7,11H,5-6H2,1-4H3. The molecule has 0 amide bonds. The molecule has 1 aliphatic heterocycles. The number of hydrogen-bond acceptors (Lipinski definition) is 2. The first kappa shape index (κ1) is 10.6. The van der Waals surface area contributed by atoms with E-state index in [0.717, 1.165) is 11.8 Å². The van der Waals surface area contributed by atoms with Crippen LogP contribution in [0, 0.1) is 26.7 Å². The molecule has 0 N–H and O–H groups in total. The summed E-state index contributed by atoms with van der Waals surface area (Å²) in [6, 6.07) is 0. The predicted molar refractivity (Wildman–Crippen MR) is 67.8 cm³/mol. The molecule has 1 aromatic rings. The zero-order chi connectivity index (χ0) is 10.3. The second kappa shape index (κ2) is 3.90. The molecule has 0 saturated carbocycles. The Morgan fingerprint density at radius 1 is 1.07 bits per heavy atom. The fourth-order valence-corrected chi connectivity index (χ4v) is 5.01. The van der Waals surface area contributed by atoms with Crippen molar-refractivity contribution in [1.29, 1.82) is 0 Å². The molecule has 1 saturated heterocycles. The van der Waals surface area contributed by atoms with Crippen LogP contribution in [0.5, 0.6) is 0 Å². The molecule has 1 fully saturated rings. The summed E-state index contributed by atoms with van der Waals surface area (Å²) in [5.74, 6) is 4.37. The van der Waals surface area contributed by atoms with Crippen LogP contribution in [-0.2, 0) is 0 Å². The monoisotopic (exact) mass is 226 g/mol. The molecule has 0 aliphatic carbocycles. The Hall–Kier alpha value is 0.0500. The van der Waals surface area contributed by atoms with Gasteiger partial charge in [0.2, 0.25) is 0 Å². The molecule has 0 radical (unpaired) electrons. The fraction of sp³-hybridized carbons (Fsp3) is 0.667. The Bertz CT molecular complexity index is 338. The highest BCUT2D eigenvalue weighted by molar-refractivity contribution is 7.99. The number of thioether (sulfide) groups is 1. The van der Waals surface area contributed by atoms with Gasteiger partial charge in [-0.25, -0.2) is 0 Å². The number of rotatable bonds is 1. The average Bonchev–Trinajstić information content (AvgIpc) is 2.60. The van der Waals surface area contributed by atoms with E-state index in [9.17, 15) is 0 Å². The minimum atomic E-state index is 0.824. The zero-order valence-electron chi connectivity index (χ0n) is 9.39. The summed E-state index contributed by atoms with van der Waals surface area (Å²) in [4.78, 5) is 3.07. The van der Waals surface area contributed by atoms with Crippen molar-refractivity contribution in [2.24, 2.45) is 5.92 Å². The molecule has 14 heavy (non-hydrogen) atoms. The predicted octanol–water partition coefficient (Wildman–Crippen LogP) is 4.14. The maximum atomic E-state index is 2.40. The van der Waals surface area contributed by atoms with Gasteiger partial charge in [-0.3, -0.25) is 0 Å². The molecule has 78 valence electrons. The molecule has 2 heteroatoms. The van der Waals surface area contributed by atoms with Gasteiger partial charge in [0, 0.05) is 15.5 Å². The average molecular weight is 226 g/mol. The third-order valence-electron chi connectivity index (χ3n) is 3.35. The van der Waals surface area contributed by atoms with Gasteiger partial charge in [0.25, 0.3) is 0 Å². The van der Waals surface area contributed by atoms with Gasteiger partial charge in [-0.05, 0) is 49.5 Å². The van der Waals surface area contributed by atoms with E-state index in [1.165, 1.54) is 16.4 Å². The summed E-state index contributed by atoms with van der Waals surface area (Å²) in [6.45, 7) is 9.24. The lowest BCUT2D eigenvalue weighted by molar-refractivity contribution is 0.571. The van der Waals surface area contributed by atoms with Crippen LogP contribution in [0.4, 0.5) is 0 Å². The van der Waals surface area contributed by atoms with E-state index in [4.69, 9.17) is 0 Å². The van der Waals surface area contributed by atoms with Crippen molar-refractivity contribution in [3.63, 3.8) is 0 Å². The van der Waals surface area contributed by atoms with Crippen LogP contribution in [0.2, 0.25) is 0 Å². The first-order chi connectivity index (χ1) is 6.61. The van der Waals surface area contributed by atoms with Gasteiger partial charge in [0.1, 0.15) is 0 Å². The molecule has 2 unspecified atom stereocenters. The molecule has 2 atom stereocenters. The first-order valence-corrected chi connectivity index (χ1v) is 7.22. The lowest BCUT2D eigenvalue weighted by atomic mass is 9.88. The third-order valence-corrected chi connectivity index (χ3v) is 5.85. The van der Waals surface area contributed by atoms with E-state index in [-0.39, 0.29) is 0 Å². The Labute approximate surface area is 95.1 Å². The number of hydrogen-bond donors (Lipinski definition) is 0. The second-order valence-corrected chi connectivity index (χ2v) is 6.88. The Morgan fingerprint density at radius 3 is 2.21 bits per heavy atom. The van der Waals surface area contributed by atoms with Gasteiger partial charge in [-0.1, -0.05) is 6.92 Å². The van der Waals surface area contributed by atoms with Gasteiger partial charge in [-0.15, -0.1) is 11.3 Å². The van der Waals surface area contributed by atoms with E-state index < -0.39 is 0 Å². The van der Waals surface area contributed by atoms with E-state index in [1.54, 1.807) is 16.0 Å². The summed E-state index contributed by atoms with van der Waals surface area (Å²) < 4.78 is 0. The highest BCUT2D eigenvalue weighted by Crippen LogP contribution is 2.42. The second-order valence-electron chi connectivity index (χ2n) is 4.37. The molecule has 0 spiro atoms. The Morgan fingerprint density at radius 2 is 1.79 bits per heavy atom. The number of aryl methyl sites for hydroxylation is 2. The minimum absolute atomic E-state index is 0.824. The lowest BCUT2D eigenvalue weighted by Gasteiger charge is -2.16. The highest BCUT2D eigenvalue weighted by atomic mass is 32.2. The topological polar surface area (TPSA) is 0 Å². The van der Waals surface area contributed by atoms with Crippen molar-refractivity contribution < 1.29 is 0 Å². The minimum Gasteiger partial charge on any atom is -0.161 e. The maximum absolute atomic E-state index is 2.40. The van der Waals surface area contributed by atoms with Crippen molar-refractivity contribution in [3.8, 4) is 0 Å². The van der Waals surface area contributed by atoms with Crippen LogP contribution in [-0.4, -0.2) is 11.5 Å². The molecule has 2 rings (SSSR count). The van der Waals surface area contributed by atoms with Crippen LogP contribution in [0.25, 0.3) is 0 Å². The van der Waals surface area contributed by atoms with Gasteiger partial charge in [0.05, 0.1) is 0 Å². The van der Waals surface area contributed by atoms with Crippen LogP contribution in [0.15, 0.2) is 0 Å². The van der Waals surface area contributed by atoms with Crippen molar-refractivity contribution in [2.45, 2.75) is 33.6 Å². The molecule has 0 aromatic carbocycles. The lowest BCUT2D eigenvalue weighted by Crippen LogP contribution is -2.08. The van der Waals surface area contributed by atoms with Crippen LogP contribution in [0.3, 0.4) is 0 Å². The quantitative estimate of drug-likeness (QED) is 0.693. The van der Waals surface area contributed by atoms with Gasteiger partial charge in [0.15, 0.2) is 0 Å². The van der Waals surface area contributed by atoms with Crippen LogP contribution < -0.4 is 0 Å². The molecular weight excluding hydrogens is 208 g/mol. The van der Waals surface area contributed by atoms with Crippen LogP contribution in [0.1, 0.15) is 33.7 Å². The SMILES string of the molecule is Cc1sc(C)c(C2CSCC2C)c1C. The molecule has 0 nitrogen and oxygen atoms in total. The fourth-order valence-electron chi connectivity index (χ4n) is 2.38. The maximum Gasteiger partial charge on any atom is 0.00550 e. The zero-order valence-corrected chi connectivity index (χ0v) is 11.0. The summed E-state index contributed by atoms with van der Waals surface area (Å²) in [5, 5.41) is 0. The van der Waals surface area contributed by atoms with Gasteiger partial charge < -0.3 is 0 Å². The van der Waals surface area contributed by atoms with Crippen LogP contribution >= 0.6 is 23.1 Å². The molecule has 1 aliphatic rings. The van der Waals surface area contributed by atoms with Crippen molar-refractivity contribution in [3.05, 3.63) is 20.9 Å². The molecule has 2 heterocycles. The summed E-state index contributed by atoms with van der Waals surface area (Å²) >= 11 is 4.09. The summed E-state index contributed by atoms with van der Waals surface area (Å²) in [7, 11) is 0. The Kier molecular flexibility index (Phi) is 2.94. The Balaban J connectivity index is 2.39. The first-order valence-electron chi connectivity index (χ1n) is 5.25. The van der Waals surface area contributed by atoms with Gasteiger partial charge in [-0.2, -0.15) is 11.8 Å². The van der Waals surface area contributed by atoms with Gasteiger partial charge >= 0.3 is 0 Å². The normalized spacial score (nSPS) is 27.1. The van der Waals surface area contributed by atoms with E-state index in [0.29, 0.717) is 0 Å². The summed E-state index contributed by atoms with van der Waals surface area (Å²) in [6.07, 6.45) is 0. The number of thiophene rings is 1. The third kappa shape index (κ3) is 1.63. The molecular formula is C12H18S2. The van der Waals surface area contributed by atoms with Crippen molar-refractivity contribution >= 4 is 23.1 Å².